The van der Waals surface area contributed by atoms with Crippen LogP contribution < -0.4 is 0 Å². The molecule has 2 rings (SSSR count). The molecular weight excluding hydrogens is 254 g/mol. The molecular formula is C16H21NO3. The number of amides is 1. The van der Waals surface area contributed by atoms with Gasteiger partial charge < -0.3 is 4.74 Å². The van der Waals surface area contributed by atoms with Gasteiger partial charge in [-0.1, -0.05) is 44.2 Å². The van der Waals surface area contributed by atoms with Crippen LogP contribution in [0.2, 0.25) is 0 Å². The molecule has 108 valence electrons. The summed E-state index contributed by atoms with van der Waals surface area (Å²) in [5.41, 5.74) is 0.951. The third-order valence-electron chi connectivity index (χ3n) is 3.59. The summed E-state index contributed by atoms with van der Waals surface area (Å²) in [5.74, 6) is 0.0710. The SMILES string of the molecule is CC(C)C(=O)[C@H]1CCCN1C(=O)OCc1ccccc1. The maximum Gasteiger partial charge on any atom is 0.410 e. The fourth-order valence-corrected chi connectivity index (χ4v) is 2.47. The van der Waals surface area contributed by atoms with Gasteiger partial charge in [-0.3, -0.25) is 9.69 Å². The Bertz CT molecular complexity index is 470. The van der Waals surface area contributed by atoms with Gasteiger partial charge in [0.05, 0.1) is 6.04 Å². The Balaban J connectivity index is 1.93. The molecule has 0 aromatic heterocycles. The molecule has 0 aliphatic carbocycles. The van der Waals surface area contributed by atoms with E-state index in [9.17, 15) is 9.59 Å². The van der Waals surface area contributed by atoms with E-state index in [1.165, 1.54) is 0 Å². The lowest BCUT2D eigenvalue weighted by Gasteiger charge is -2.24. The summed E-state index contributed by atoms with van der Waals surface area (Å²) in [4.78, 5) is 25.8. The van der Waals surface area contributed by atoms with E-state index in [2.05, 4.69) is 0 Å². The molecule has 1 fully saturated rings. The average Bonchev–Trinajstić information content (AvgIpc) is 2.94. The van der Waals surface area contributed by atoms with Gasteiger partial charge in [-0.05, 0) is 18.4 Å². The number of nitrogens with zero attached hydrogens (tertiary/aromatic N) is 1. The van der Waals surface area contributed by atoms with Gasteiger partial charge in [0.15, 0.2) is 5.78 Å². The van der Waals surface area contributed by atoms with Crippen LogP contribution >= 0.6 is 0 Å². The second kappa shape index (κ2) is 6.55. The maximum absolute atomic E-state index is 12.1. The first kappa shape index (κ1) is 14.6. The molecule has 0 bridgehead atoms. The average molecular weight is 275 g/mol. The zero-order chi connectivity index (χ0) is 14.5. The molecule has 1 aliphatic rings. The van der Waals surface area contributed by atoms with Crippen molar-refractivity contribution >= 4 is 11.9 Å². The fourth-order valence-electron chi connectivity index (χ4n) is 2.47. The van der Waals surface area contributed by atoms with Crippen molar-refractivity contribution in [1.29, 1.82) is 0 Å². The Hall–Kier alpha value is -1.84. The van der Waals surface area contributed by atoms with Crippen molar-refractivity contribution in [1.82, 2.24) is 4.90 Å². The highest BCUT2D eigenvalue weighted by molar-refractivity contribution is 5.89. The molecule has 1 atom stereocenters. The minimum atomic E-state index is -0.384. The smallest absolute Gasteiger partial charge is 0.410 e. The summed E-state index contributed by atoms with van der Waals surface area (Å²) in [7, 11) is 0. The number of hydrogen-bond acceptors (Lipinski definition) is 3. The first-order valence-electron chi connectivity index (χ1n) is 7.10. The van der Waals surface area contributed by atoms with Crippen molar-refractivity contribution in [3.8, 4) is 0 Å². The molecule has 20 heavy (non-hydrogen) atoms. The second-order valence-electron chi connectivity index (χ2n) is 5.45. The number of carbonyl (C=O) groups is 2. The number of likely N-dealkylation sites (tertiary alicyclic amines) is 1. The molecule has 1 amide bonds. The molecule has 1 heterocycles. The number of ether oxygens (including phenoxy) is 1. The predicted molar refractivity (Wildman–Crippen MR) is 76.2 cm³/mol. The van der Waals surface area contributed by atoms with E-state index < -0.39 is 0 Å². The third kappa shape index (κ3) is 3.38. The van der Waals surface area contributed by atoms with E-state index >= 15 is 0 Å². The van der Waals surface area contributed by atoms with Gasteiger partial charge in [-0.25, -0.2) is 4.79 Å². The predicted octanol–water partition coefficient (Wildman–Crippen LogP) is 3.01. The number of carbonyl (C=O) groups excluding carboxylic acids is 2. The first-order chi connectivity index (χ1) is 9.59. The Kier molecular flexibility index (Phi) is 4.77. The first-order valence-corrected chi connectivity index (χ1v) is 7.10. The van der Waals surface area contributed by atoms with Crippen molar-refractivity contribution in [2.75, 3.05) is 6.54 Å². The minimum Gasteiger partial charge on any atom is -0.445 e. The van der Waals surface area contributed by atoms with Crippen LogP contribution in [-0.2, 0) is 16.1 Å². The zero-order valence-electron chi connectivity index (χ0n) is 12.0. The molecule has 1 aromatic carbocycles. The fraction of sp³-hybridized carbons (Fsp3) is 0.500. The Morgan fingerprint density at radius 3 is 2.65 bits per heavy atom. The van der Waals surface area contributed by atoms with Gasteiger partial charge in [-0.15, -0.1) is 0 Å². The molecule has 4 nitrogen and oxygen atoms in total. The van der Waals surface area contributed by atoms with Gasteiger partial charge in [0.2, 0.25) is 0 Å². The Morgan fingerprint density at radius 1 is 1.30 bits per heavy atom. The summed E-state index contributed by atoms with van der Waals surface area (Å²) in [6.45, 7) is 4.60. The molecule has 1 aromatic rings. The van der Waals surface area contributed by atoms with Crippen molar-refractivity contribution in [2.45, 2.75) is 39.3 Å². The van der Waals surface area contributed by atoms with Gasteiger partial charge in [-0.2, -0.15) is 0 Å². The van der Waals surface area contributed by atoms with Gasteiger partial charge in [0.1, 0.15) is 6.61 Å². The summed E-state index contributed by atoms with van der Waals surface area (Å²) >= 11 is 0. The highest BCUT2D eigenvalue weighted by Crippen LogP contribution is 2.22. The Labute approximate surface area is 119 Å². The largest absolute Gasteiger partial charge is 0.445 e. The van der Waals surface area contributed by atoms with Crippen LogP contribution in [0.3, 0.4) is 0 Å². The molecule has 0 saturated carbocycles. The van der Waals surface area contributed by atoms with E-state index in [0.717, 1.165) is 18.4 Å². The van der Waals surface area contributed by atoms with Gasteiger partial charge >= 0.3 is 6.09 Å². The van der Waals surface area contributed by atoms with E-state index in [1.807, 2.05) is 44.2 Å². The van der Waals surface area contributed by atoms with Crippen LogP contribution in [0.1, 0.15) is 32.3 Å². The second-order valence-corrected chi connectivity index (χ2v) is 5.45. The molecule has 1 aliphatic heterocycles. The van der Waals surface area contributed by atoms with Crippen molar-refractivity contribution in [3.05, 3.63) is 35.9 Å². The van der Waals surface area contributed by atoms with Crippen LogP contribution in [0, 0.1) is 5.92 Å². The lowest BCUT2D eigenvalue weighted by molar-refractivity contribution is -0.125. The summed E-state index contributed by atoms with van der Waals surface area (Å²) < 4.78 is 5.31. The highest BCUT2D eigenvalue weighted by atomic mass is 16.6. The molecule has 0 N–H and O–H groups in total. The summed E-state index contributed by atoms with van der Waals surface area (Å²) in [6.07, 6.45) is 1.23. The summed E-state index contributed by atoms with van der Waals surface area (Å²) in [5, 5.41) is 0. The molecule has 1 saturated heterocycles. The number of benzene rings is 1. The number of rotatable bonds is 4. The summed E-state index contributed by atoms with van der Waals surface area (Å²) in [6, 6.07) is 9.25. The van der Waals surface area contributed by atoms with Gasteiger partial charge in [0.25, 0.3) is 0 Å². The quantitative estimate of drug-likeness (QED) is 0.848. The minimum absolute atomic E-state index is 0.0532. The van der Waals surface area contributed by atoms with Crippen molar-refractivity contribution in [2.24, 2.45) is 5.92 Å². The van der Waals surface area contributed by atoms with E-state index in [1.54, 1.807) is 4.90 Å². The molecule has 4 heteroatoms. The zero-order valence-corrected chi connectivity index (χ0v) is 12.0. The van der Waals surface area contributed by atoms with Crippen molar-refractivity contribution < 1.29 is 14.3 Å². The van der Waals surface area contributed by atoms with Crippen LogP contribution in [0.4, 0.5) is 4.79 Å². The van der Waals surface area contributed by atoms with Crippen molar-refractivity contribution in [3.63, 3.8) is 0 Å². The lowest BCUT2D eigenvalue weighted by atomic mass is 10.0. The monoisotopic (exact) mass is 275 g/mol. The maximum atomic E-state index is 12.1. The van der Waals surface area contributed by atoms with E-state index in [-0.39, 0.29) is 30.4 Å². The van der Waals surface area contributed by atoms with Crippen LogP contribution in [0.5, 0.6) is 0 Å². The van der Waals surface area contributed by atoms with Crippen LogP contribution in [0.25, 0.3) is 0 Å². The van der Waals surface area contributed by atoms with Crippen LogP contribution in [0.15, 0.2) is 30.3 Å². The standard InChI is InChI=1S/C16H21NO3/c1-12(2)15(18)14-9-6-10-17(14)16(19)20-11-13-7-4-3-5-8-13/h3-5,7-8,12,14H,6,9-11H2,1-2H3/t14-/m1/s1. The van der Waals surface area contributed by atoms with Crippen LogP contribution in [-0.4, -0.2) is 29.4 Å². The molecule has 0 unspecified atom stereocenters. The number of hydrogen-bond donors (Lipinski definition) is 0. The third-order valence-corrected chi connectivity index (χ3v) is 3.59. The van der Waals surface area contributed by atoms with E-state index in [0.29, 0.717) is 6.54 Å². The number of Topliss-reactive ketones (excluding diaryl/α,β-unsaturated/α-hetero) is 1. The topological polar surface area (TPSA) is 46.6 Å². The van der Waals surface area contributed by atoms with Gasteiger partial charge in [0, 0.05) is 12.5 Å². The highest BCUT2D eigenvalue weighted by Gasteiger charge is 2.35. The Morgan fingerprint density at radius 2 is 2.00 bits per heavy atom. The normalized spacial score (nSPS) is 18.4. The molecule has 0 spiro atoms. The lowest BCUT2D eigenvalue weighted by Crippen LogP contribution is -2.42. The number of ketones is 1. The molecule has 0 radical (unpaired) electrons. The van der Waals surface area contributed by atoms with E-state index in [4.69, 9.17) is 4.74 Å².